The molecule has 1 atom stereocenters. The normalized spacial score (nSPS) is 17.1. The van der Waals surface area contributed by atoms with Gasteiger partial charge in [0.2, 0.25) is 0 Å². The fraction of sp³-hybridized carbons (Fsp3) is 0.412. The van der Waals surface area contributed by atoms with Gasteiger partial charge in [0, 0.05) is 49.4 Å². The number of benzene rings is 1. The van der Waals surface area contributed by atoms with Crippen LogP contribution in [0.25, 0.3) is 11.1 Å². The van der Waals surface area contributed by atoms with Crippen molar-refractivity contribution < 1.29 is 0 Å². The lowest BCUT2D eigenvalue weighted by molar-refractivity contribution is 0.649. The van der Waals surface area contributed by atoms with Gasteiger partial charge in [0.1, 0.15) is 0 Å². The van der Waals surface area contributed by atoms with Gasteiger partial charge in [0.25, 0.3) is 0 Å². The molecule has 2 heterocycles. The topological polar surface area (TPSA) is 44.9 Å². The number of nitrogens with zero attached hydrogens (tertiary/aromatic N) is 4. The summed E-state index contributed by atoms with van der Waals surface area (Å²) in [5, 5.41) is 13.3. The van der Waals surface area contributed by atoms with E-state index in [0.29, 0.717) is 18.4 Å². The summed E-state index contributed by atoms with van der Waals surface area (Å²) >= 11 is 0. The summed E-state index contributed by atoms with van der Waals surface area (Å²) in [6.45, 7) is 5.35. The lowest BCUT2D eigenvalue weighted by Crippen LogP contribution is -2.29. The highest BCUT2D eigenvalue weighted by Gasteiger charge is 2.30. The lowest BCUT2D eigenvalue weighted by atomic mass is 9.95. The highest BCUT2D eigenvalue weighted by molar-refractivity contribution is 5.71. The lowest BCUT2D eigenvalue weighted by Gasteiger charge is -2.24. The van der Waals surface area contributed by atoms with E-state index >= 15 is 0 Å². The van der Waals surface area contributed by atoms with Crippen molar-refractivity contribution in [2.75, 3.05) is 11.4 Å². The van der Waals surface area contributed by atoms with Gasteiger partial charge in [-0.15, -0.1) is 0 Å². The molecule has 108 valence electrons. The number of anilines is 1. The zero-order valence-electron chi connectivity index (χ0n) is 12.7. The van der Waals surface area contributed by atoms with Gasteiger partial charge < -0.3 is 4.90 Å². The fourth-order valence-corrected chi connectivity index (χ4v) is 3.10. The summed E-state index contributed by atoms with van der Waals surface area (Å²) < 4.78 is 1.82. The zero-order valence-corrected chi connectivity index (χ0v) is 12.7. The third-order valence-electron chi connectivity index (χ3n) is 4.19. The molecular weight excluding hydrogens is 260 g/mol. The Hall–Kier alpha value is -2.28. The number of rotatable bonds is 3. The van der Waals surface area contributed by atoms with Crippen LogP contribution in [-0.4, -0.2) is 22.4 Å². The average Bonchev–Trinajstić information content (AvgIpc) is 3.03. The summed E-state index contributed by atoms with van der Waals surface area (Å²) in [5.74, 6) is 0.309. The minimum atomic E-state index is 0.309. The monoisotopic (exact) mass is 280 g/mol. The minimum absolute atomic E-state index is 0.309. The van der Waals surface area contributed by atoms with Gasteiger partial charge >= 0.3 is 0 Å². The molecule has 3 rings (SSSR count). The summed E-state index contributed by atoms with van der Waals surface area (Å²) in [7, 11) is 1.93. The second-order valence-electron chi connectivity index (χ2n) is 5.98. The molecule has 0 bridgehead atoms. The van der Waals surface area contributed by atoms with Crippen LogP contribution in [0.1, 0.15) is 31.7 Å². The highest BCUT2D eigenvalue weighted by atomic mass is 15.2. The Morgan fingerprint density at radius 2 is 2.19 bits per heavy atom. The van der Waals surface area contributed by atoms with E-state index in [2.05, 4.69) is 48.1 Å². The van der Waals surface area contributed by atoms with E-state index < -0.39 is 0 Å². The quantitative estimate of drug-likeness (QED) is 0.866. The Labute approximate surface area is 125 Å². The maximum absolute atomic E-state index is 9.08. The summed E-state index contributed by atoms with van der Waals surface area (Å²) in [6, 6.07) is 9.36. The van der Waals surface area contributed by atoms with E-state index in [9.17, 15) is 0 Å². The molecule has 0 fully saturated rings. The van der Waals surface area contributed by atoms with Crippen LogP contribution in [0.3, 0.4) is 0 Å². The van der Waals surface area contributed by atoms with Crippen LogP contribution in [0.2, 0.25) is 0 Å². The van der Waals surface area contributed by atoms with Gasteiger partial charge in [-0.3, -0.25) is 4.68 Å². The number of aromatic nitrogens is 2. The van der Waals surface area contributed by atoms with Crippen molar-refractivity contribution in [1.82, 2.24) is 9.78 Å². The Kier molecular flexibility index (Phi) is 3.42. The van der Waals surface area contributed by atoms with Crippen molar-refractivity contribution in [2.24, 2.45) is 7.05 Å². The SMILES string of the molecule is CC(C)N1CC(CC#N)c2cc(-c3cnn(C)c3)ccc21. The van der Waals surface area contributed by atoms with E-state index in [1.54, 1.807) is 0 Å². The second kappa shape index (κ2) is 5.25. The van der Waals surface area contributed by atoms with Gasteiger partial charge in [-0.2, -0.15) is 10.4 Å². The van der Waals surface area contributed by atoms with Gasteiger partial charge in [-0.05, 0) is 37.1 Å². The van der Waals surface area contributed by atoms with E-state index in [1.807, 2.05) is 24.1 Å². The van der Waals surface area contributed by atoms with Crippen molar-refractivity contribution in [3.63, 3.8) is 0 Å². The number of aryl methyl sites for hydroxylation is 1. The standard InChI is InChI=1S/C17H20N4/c1-12(2)21-11-14(6-7-18)16-8-13(4-5-17(16)21)15-9-19-20(3)10-15/h4-5,8-10,12,14H,6,11H2,1-3H3. The van der Waals surface area contributed by atoms with Crippen molar-refractivity contribution in [2.45, 2.75) is 32.2 Å². The van der Waals surface area contributed by atoms with Crippen LogP contribution in [-0.2, 0) is 7.05 Å². The second-order valence-corrected chi connectivity index (χ2v) is 5.98. The maximum atomic E-state index is 9.08. The first-order chi connectivity index (χ1) is 10.1. The van der Waals surface area contributed by atoms with Crippen LogP contribution < -0.4 is 4.90 Å². The predicted octanol–water partition coefficient (Wildman–Crippen LogP) is 3.31. The Bertz CT molecular complexity index is 693. The van der Waals surface area contributed by atoms with Crippen LogP contribution in [0.4, 0.5) is 5.69 Å². The van der Waals surface area contributed by atoms with E-state index in [-0.39, 0.29) is 0 Å². The third kappa shape index (κ3) is 2.40. The Morgan fingerprint density at radius 3 is 2.81 bits per heavy atom. The largest absolute Gasteiger partial charge is 0.368 e. The van der Waals surface area contributed by atoms with Crippen molar-refractivity contribution in [1.29, 1.82) is 5.26 Å². The molecule has 4 nitrogen and oxygen atoms in total. The van der Waals surface area contributed by atoms with Crippen molar-refractivity contribution >= 4 is 5.69 Å². The summed E-state index contributed by atoms with van der Waals surface area (Å²) in [5.41, 5.74) is 4.87. The van der Waals surface area contributed by atoms with Crippen molar-refractivity contribution in [3.8, 4) is 17.2 Å². The summed E-state index contributed by atoms with van der Waals surface area (Å²) in [4.78, 5) is 2.39. The van der Waals surface area contributed by atoms with Gasteiger partial charge in [0.15, 0.2) is 0 Å². The smallest absolute Gasteiger partial charge is 0.0628 e. The average molecular weight is 280 g/mol. The Balaban J connectivity index is 2.03. The number of fused-ring (bicyclic) bond motifs is 1. The number of hydrogen-bond donors (Lipinski definition) is 0. The molecule has 1 aromatic heterocycles. The molecule has 2 aromatic rings. The molecule has 0 saturated heterocycles. The first kappa shape index (κ1) is 13.7. The third-order valence-corrected chi connectivity index (χ3v) is 4.19. The first-order valence-electron chi connectivity index (χ1n) is 7.36. The number of nitriles is 1. The molecule has 1 aliphatic rings. The van der Waals surface area contributed by atoms with E-state index in [0.717, 1.165) is 12.1 Å². The number of hydrogen-bond acceptors (Lipinski definition) is 3. The van der Waals surface area contributed by atoms with Crippen LogP contribution in [0, 0.1) is 11.3 Å². The molecule has 4 heteroatoms. The van der Waals surface area contributed by atoms with Crippen LogP contribution >= 0.6 is 0 Å². The molecule has 1 aliphatic heterocycles. The molecule has 0 spiro atoms. The molecular formula is C17H20N4. The first-order valence-corrected chi connectivity index (χ1v) is 7.36. The zero-order chi connectivity index (χ0) is 15.0. The van der Waals surface area contributed by atoms with Gasteiger partial charge in [0.05, 0.1) is 12.3 Å². The molecule has 21 heavy (non-hydrogen) atoms. The van der Waals surface area contributed by atoms with E-state index in [1.165, 1.54) is 16.8 Å². The molecule has 0 saturated carbocycles. The maximum Gasteiger partial charge on any atom is 0.0628 e. The molecule has 1 unspecified atom stereocenters. The van der Waals surface area contributed by atoms with Crippen LogP contribution in [0.5, 0.6) is 0 Å². The Morgan fingerprint density at radius 1 is 1.38 bits per heavy atom. The molecule has 0 amide bonds. The fourth-order valence-electron chi connectivity index (χ4n) is 3.10. The minimum Gasteiger partial charge on any atom is -0.368 e. The summed E-state index contributed by atoms with van der Waals surface area (Å²) in [6.07, 6.45) is 4.49. The molecule has 0 radical (unpaired) electrons. The highest BCUT2D eigenvalue weighted by Crippen LogP contribution is 2.41. The molecule has 0 aliphatic carbocycles. The van der Waals surface area contributed by atoms with Crippen LogP contribution in [0.15, 0.2) is 30.6 Å². The van der Waals surface area contributed by atoms with E-state index in [4.69, 9.17) is 5.26 Å². The van der Waals surface area contributed by atoms with Gasteiger partial charge in [-0.1, -0.05) is 6.07 Å². The van der Waals surface area contributed by atoms with Gasteiger partial charge in [-0.25, -0.2) is 0 Å². The molecule has 0 N–H and O–H groups in total. The van der Waals surface area contributed by atoms with Crippen molar-refractivity contribution in [3.05, 3.63) is 36.2 Å². The molecule has 1 aromatic carbocycles. The predicted molar refractivity (Wildman–Crippen MR) is 84.1 cm³/mol.